The van der Waals surface area contributed by atoms with Crippen LogP contribution in [-0.4, -0.2) is 14.5 Å². The smallest absolute Gasteiger partial charge is 0.261 e. The van der Waals surface area contributed by atoms with Crippen molar-refractivity contribution in [2.24, 2.45) is 0 Å². The molecule has 2 rings (SSSR count). The highest BCUT2D eigenvalue weighted by atomic mass is 79.9. The Morgan fingerprint density at radius 1 is 1.39 bits per heavy atom. The molecule has 0 saturated carbocycles. The minimum absolute atomic E-state index is 0.0495. The molecule has 0 bridgehead atoms. The van der Waals surface area contributed by atoms with Crippen LogP contribution >= 0.6 is 26.6 Å². The molecule has 0 spiro atoms. The molecule has 0 N–H and O–H groups in total. The number of hydrogen-bond donors (Lipinski definition) is 0. The normalized spacial score (nSPS) is 19.8. The van der Waals surface area contributed by atoms with Gasteiger partial charge in [-0.15, -0.1) is 0 Å². The molecule has 1 aliphatic carbocycles. The van der Waals surface area contributed by atoms with Gasteiger partial charge < -0.3 is 4.74 Å². The maximum absolute atomic E-state index is 11.2. The molecule has 98 valence electrons. The monoisotopic (exact) mass is 350 g/mol. The predicted octanol–water partition coefficient (Wildman–Crippen LogP) is 3.86. The van der Waals surface area contributed by atoms with E-state index in [2.05, 4.69) is 22.0 Å². The molecule has 1 atom stereocenters. The first-order chi connectivity index (χ1) is 8.47. The van der Waals surface area contributed by atoms with Gasteiger partial charge in [-0.1, -0.05) is 6.08 Å². The minimum atomic E-state index is -3.70. The van der Waals surface area contributed by atoms with Crippen LogP contribution in [0.25, 0.3) is 0 Å². The number of allylic oxidation sites excluding steroid dienone is 1. The molecule has 1 aromatic carbocycles. The molecule has 1 unspecified atom stereocenters. The number of rotatable bonds is 3. The zero-order valence-corrected chi connectivity index (χ0v) is 12.6. The van der Waals surface area contributed by atoms with Crippen molar-refractivity contribution in [1.29, 1.82) is 0 Å². The van der Waals surface area contributed by atoms with Crippen LogP contribution in [-0.2, 0) is 9.05 Å². The quantitative estimate of drug-likeness (QED) is 0.613. The van der Waals surface area contributed by atoms with E-state index in [0.29, 0.717) is 10.2 Å². The first-order valence-electron chi connectivity index (χ1n) is 5.54. The van der Waals surface area contributed by atoms with E-state index in [-0.39, 0.29) is 11.0 Å². The van der Waals surface area contributed by atoms with E-state index in [1.54, 1.807) is 6.07 Å². The van der Waals surface area contributed by atoms with Crippen LogP contribution in [0.3, 0.4) is 0 Å². The highest BCUT2D eigenvalue weighted by Gasteiger charge is 2.15. The summed E-state index contributed by atoms with van der Waals surface area (Å²) in [4.78, 5) is 0.0579. The summed E-state index contributed by atoms with van der Waals surface area (Å²) in [6, 6.07) is 4.50. The van der Waals surface area contributed by atoms with Crippen LogP contribution in [0.4, 0.5) is 0 Å². The van der Waals surface area contributed by atoms with Crippen molar-refractivity contribution in [1.82, 2.24) is 0 Å². The molecule has 1 aromatic rings. The van der Waals surface area contributed by atoms with Gasteiger partial charge >= 0.3 is 0 Å². The van der Waals surface area contributed by atoms with Crippen molar-refractivity contribution < 1.29 is 13.2 Å². The molecular weight excluding hydrogens is 340 g/mol. The lowest BCUT2D eigenvalue weighted by molar-refractivity contribution is 0.228. The van der Waals surface area contributed by atoms with E-state index in [9.17, 15) is 8.42 Å². The molecule has 0 saturated heterocycles. The molecule has 0 heterocycles. The molecule has 3 nitrogen and oxygen atoms in total. The fraction of sp³-hybridized carbons (Fsp3) is 0.333. The molecule has 0 amide bonds. The molecule has 0 aromatic heterocycles. The maximum atomic E-state index is 11.2. The standard InChI is InChI=1S/C12H12BrClO3S/c13-11-8-10(18(14,15)16)6-7-12(11)17-9-4-2-1-3-5-9/h2,4,6-9H,1,3,5H2. The Hall–Kier alpha value is -0.520. The van der Waals surface area contributed by atoms with Gasteiger partial charge in [0.1, 0.15) is 11.9 Å². The van der Waals surface area contributed by atoms with Gasteiger partial charge in [-0.3, -0.25) is 0 Å². The second-order valence-electron chi connectivity index (χ2n) is 4.05. The van der Waals surface area contributed by atoms with E-state index >= 15 is 0 Å². The number of benzene rings is 1. The molecule has 0 radical (unpaired) electrons. The Morgan fingerprint density at radius 3 is 2.72 bits per heavy atom. The number of hydrogen-bond acceptors (Lipinski definition) is 3. The van der Waals surface area contributed by atoms with Crippen LogP contribution in [0.2, 0.25) is 0 Å². The summed E-state index contributed by atoms with van der Waals surface area (Å²) < 4.78 is 28.7. The van der Waals surface area contributed by atoms with E-state index in [1.807, 2.05) is 6.08 Å². The van der Waals surface area contributed by atoms with E-state index in [1.165, 1.54) is 12.1 Å². The van der Waals surface area contributed by atoms with Gasteiger partial charge in [-0.25, -0.2) is 8.42 Å². The van der Waals surface area contributed by atoms with E-state index < -0.39 is 9.05 Å². The van der Waals surface area contributed by atoms with Gasteiger partial charge in [0.05, 0.1) is 9.37 Å². The zero-order valence-electron chi connectivity index (χ0n) is 9.47. The Bertz CT molecular complexity index is 569. The van der Waals surface area contributed by atoms with Gasteiger partial charge in [0.25, 0.3) is 9.05 Å². The van der Waals surface area contributed by atoms with Gasteiger partial charge in [0.2, 0.25) is 0 Å². The lowest BCUT2D eigenvalue weighted by Gasteiger charge is -2.19. The largest absolute Gasteiger partial charge is 0.485 e. The highest BCUT2D eigenvalue weighted by Crippen LogP contribution is 2.31. The minimum Gasteiger partial charge on any atom is -0.485 e. The average Bonchev–Trinajstić information content (AvgIpc) is 2.32. The van der Waals surface area contributed by atoms with Crippen LogP contribution < -0.4 is 4.74 Å². The summed E-state index contributed by atoms with van der Waals surface area (Å²) in [6.45, 7) is 0. The van der Waals surface area contributed by atoms with Crippen LogP contribution in [0, 0.1) is 0 Å². The number of ether oxygens (including phenoxy) is 1. The Balaban J connectivity index is 2.20. The van der Waals surface area contributed by atoms with E-state index in [0.717, 1.165) is 19.3 Å². The summed E-state index contributed by atoms with van der Waals surface area (Å²) >= 11 is 3.29. The van der Waals surface area contributed by atoms with Crippen molar-refractivity contribution in [2.75, 3.05) is 0 Å². The molecule has 1 aliphatic rings. The SMILES string of the molecule is O=S(=O)(Cl)c1ccc(OC2C=CCCC2)c(Br)c1. The first kappa shape index (κ1) is 13.9. The third kappa shape index (κ3) is 3.49. The Labute approximate surface area is 119 Å². The van der Waals surface area contributed by atoms with Crippen molar-refractivity contribution in [2.45, 2.75) is 30.3 Å². The summed E-state index contributed by atoms with van der Waals surface area (Å²) in [5, 5.41) is 0. The topological polar surface area (TPSA) is 43.4 Å². The van der Waals surface area contributed by atoms with Crippen molar-refractivity contribution in [3.63, 3.8) is 0 Å². The maximum Gasteiger partial charge on any atom is 0.261 e. The summed E-state index contributed by atoms with van der Waals surface area (Å²) in [6.07, 6.45) is 7.34. The van der Waals surface area contributed by atoms with Crippen molar-refractivity contribution in [3.05, 3.63) is 34.8 Å². The summed E-state index contributed by atoms with van der Waals surface area (Å²) in [5.74, 6) is 0.621. The van der Waals surface area contributed by atoms with E-state index in [4.69, 9.17) is 15.4 Å². The molecule has 18 heavy (non-hydrogen) atoms. The average molecular weight is 352 g/mol. The predicted molar refractivity (Wildman–Crippen MR) is 74.6 cm³/mol. The molecule has 6 heteroatoms. The summed E-state index contributed by atoms with van der Waals surface area (Å²) in [5.41, 5.74) is 0. The highest BCUT2D eigenvalue weighted by molar-refractivity contribution is 9.10. The molecule has 0 fully saturated rings. The van der Waals surface area contributed by atoms with Crippen LogP contribution in [0.15, 0.2) is 39.7 Å². The van der Waals surface area contributed by atoms with Gasteiger partial charge in [-0.05, 0) is 59.5 Å². The fourth-order valence-electron chi connectivity index (χ4n) is 1.77. The number of halogens is 2. The second kappa shape index (κ2) is 5.63. The first-order valence-corrected chi connectivity index (χ1v) is 8.64. The Kier molecular flexibility index (Phi) is 4.35. The second-order valence-corrected chi connectivity index (χ2v) is 7.47. The molecular formula is C12H12BrClO3S. The fourth-order valence-corrected chi connectivity index (χ4v) is 3.17. The van der Waals surface area contributed by atoms with Gasteiger partial charge in [0.15, 0.2) is 0 Å². The third-order valence-electron chi connectivity index (χ3n) is 2.67. The van der Waals surface area contributed by atoms with Gasteiger partial charge in [0, 0.05) is 10.7 Å². The lowest BCUT2D eigenvalue weighted by Crippen LogP contribution is -2.15. The third-order valence-corrected chi connectivity index (χ3v) is 4.64. The Morgan fingerprint density at radius 2 is 2.17 bits per heavy atom. The lowest BCUT2D eigenvalue weighted by atomic mass is 10.1. The van der Waals surface area contributed by atoms with Crippen molar-refractivity contribution >= 4 is 35.7 Å². The zero-order chi connectivity index (χ0) is 13.2. The van der Waals surface area contributed by atoms with Crippen molar-refractivity contribution in [3.8, 4) is 5.75 Å². The van der Waals surface area contributed by atoms with Crippen LogP contribution in [0.5, 0.6) is 5.75 Å². The van der Waals surface area contributed by atoms with Crippen LogP contribution in [0.1, 0.15) is 19.3 Å². The molecule has 0 aliphatic heterocycles. The summed E-state index contributed by atoms with van der Waals surface area (Å²) in [7, 11) is 1.57. The van der Waals surface area contributed by atoms with Gasteiger partial charge in [-0.2, -0.15) is 0 Å².